The molecule has 0 aromatic heterocycles. The lowest BCUT2D eigenvalue weighted by molar-refractivity contribution is -0.149. The molecule has 1 aliphatic rings. The maximum absolute atomic E-state index is 12.7. The molecule has 0 spiro atoms. The highest BCUT2D eigenvalue weighted by molar-refractivity contribution is 6.45. The highest BCUT2D eigenvalue weighted by Crippen LogP contribution is 2.45. The van der Waals surface area contributed by atoms with Crippen LogP contribution in [0.2, 0.25) is 0 Å². The van der Waals surface area contributed by atoms with Gasteiger partial charge in [0.1, 0.15) is 0 Å². The van der Waals surface area contributed by atoms with E-state index in [9.17, 15) is 9.59 Å². The van der Waals surface area contributed by atoms with Crippen LogP contribution in [0.25, 0.3) is 11.1 Å². The lowest BCUT2D eigenvalue weighted by Crippen LogP contribution is -2.03. The standard InChI is InChI=1S/C22H22O9/c1-25-13-7-11(8-14(26-2)19(13)29-5)17-18(22(24)31-21(17)23)12-9-15(27-3)20(30-6)16(10-12)28-4/h7-10H,1-6H3. The van der Waals surface area contributed by atoms with Crippen LogP contribution >= 0.6 is 0 Å². The number of esters is 2. The number of hydrogen-bond donors (Lipinski definition) is 0. The van der Waals surface area contributed by atoms with Crippen LogP contribution in [-0.2, 0) is 14.3 Å². The number of ether oxygens (including phenoxy) is 7. The molecule has 31 heavy (non-hydrogen) atoms. The van der Waals surface area contributed by atoms with E-state index in [1.165, 1.54) is 42.7 Å². The van der Waals surface area contributed by atoms with Gasteiger partial charge in [0.25, 0.3) is 0 Å². The third kappa shape index (κ3) is 3.70. The van der Waals surface area contributed by atoms with Gasteiger partial charge in [0.2, 0.25) is 11.5 Å². The Hall–Kier alpha value is -3.88. The van der Waals surface area contributed by atoms with Gasteiger partial charge < -0.3 is 33.2 Å². The van der Waals surface area contributed by atoms with Crippen LogP contribution in [0.1, 0.15) is 11.1 Å². The molecule has 164 valence electrons. The predicted molar refractivity (Wildman–Crippen MR) is 110 cm³/mol. The zero-order valence-corrected chi connectivity index (χ0v) is 18.0. The zero-order valence-electron chi connectivity index (χ0n) is 18.0. The molecule has 0 saturated carbocycles. The fourth-order valence-electron chi connectivity index (χ4n) is 3.37. The van der Waals surface area contributed by atoms with Crippen molar-refractivity contribution in [1.82, 2.24) is 0 Å². The number of methoxy groups -OCH3 is 6. The van der Waals surface area contributed by atoms with Gasteiger partial charge in [0.05, 0.1) is 53.8 Å². The lowest BCUT2D eigenvalue weighted by Gasteiger charge is -2.15. The molecule has 2 aromatic rings. The minimum atomic E-state index is -0.803. The summed E-state index contributed by atoms with van der Waals surface area (Å²) in [7, 11) is 8.74. The summed E-state index contributed by atoms with van der Waals surface area (Å²) in [4.78, 5) is 25.3. The summed E-state index contributed by atoms with van der Waals surface area (Å²) in [5.74, 6) is 0.372. The molecule has 9 heteroatoms. The van der Waals surface area contributed by atoms with Gasteiger partial charge in [-0.2, -0.15) is 0 Å². The van der Waals surface area contributed by atoms with E-state index in [1.807, 2.05) is 0 Å². The molecule has 2 aromatic carbocycles. The van der Waals surface area contributed by atoms with Crippen molar-refractivity contribution in [3.05, 3.63) is 35.4 Å². The van der Waals surface area contributed by atoms with Crippen molar-refractivity contribution < 1.29 is 42.7 Å². The molecule has 0 atom stereocenters. The minimum Gasteiger partial charge on any atom is -0.493 e. The van der Waals surface area contributed by atoms with Crippen molar-refractivity contribution in [1.29, 1.82) is 0 Å². The van der Waals surface area contributed by atoms with Crippen molar-refractivity contribution in [3.63, 3.8) is 0 Å². The molecule has 0 saturated heterocycles. The van der Waals surface area contributed by atoms with Gasteiger partial charge in [-0.1, -0.05) is 0 Å². The zero-order chi connectivity index (χ0) is 22.7. The molecule has 0 N–H and O–H groups in total. The summed E-state index contributed by atoms with van der Waals surface area (Å²) in [6, 6.07) is 6.26. The summed E-state index contributed by atoms with van der Waals surface area (Å²) >= 11 is 0. The quantitative estimate of drug-likeness (QED) is 0.462. The Balaban J connectivity index is 2.32. The van der Waals surface area contributed by atoms with Crippen LogP contribution in [0.5, 0.6) is 34.5 Å². The number of rotatable bonds is 8. The van der Waals surface area contributed by atoms with E-state index in [0.717, 1.165) is 0 Å². The van der Waals surface area contributed by atoms with Gasteiger partial charge in [-0.3, -0.25) is 0 Å². The summed E-state index contributed by atoms with van der Waals surface area (Å²) in [5, 5.41) is 0. The molecule has 0 aliphatic carbocycles. The SMILES string of the molecule is COc1cc(C2=C(c3cc(OC)c(OC)c(OC)c3)C(=O)OC2=O)cc(OC)c1OC. The Morgan fingerprint density at radius 2 is 0.806 bits per heavy atom. The van der Waals surface area contributed by atoms with Crippen LogP contribution in [0.15, 0.2) is 24.3 Å². The summed E-state index contributed by atoms with van der Waals surface area (Å²) < 4.78 is 37.0. The Kier molecular flexibility index (Phi) is 6.24. The van der Waals surface area contributed by atoms with Gasteiger partial charge in [0, 0.05) is 0 Å². The third-order valence-corrected chi connectivity index (χ3v) is 4.75. The van der Waals surface area contributed by atoms with Crippen LogP contribution in [0, 0.1) is 0 Å². The van der Waals surface area contributed by atoms with E-state index in [2.05, 4.69) is 0 Å². The van der Waals surface area contributed by atoms with E-state index in [1.54, 1.807) is 24.3 Å². The van der Waals surface area contributed by atoms with E-state index < -0.39 is 11.9 Å². The second-order valence-corrected chi connectivity index (χ2v) is 6.26. The van der Waals surface area contributed by atoms with Crippen LogP contribution < -0.4 is 28.4 Å². The summed E-state index contributed by atoms with van der Waals surface area (Å²) in [5.41, 5.74) is 0.792. The Labute approximate surface area is 179 Å². The Morgan fingerprint density at radius 3 is 1.03 bits per heavy atom. The normalized spacial score (nSPS) is 13.1. The number of cyclic esters (lactones) is 2. The molecule has 1 heterocycles. The molecule has 0 bridgehead atoms. The first-order valence-electron chi connectivity index (χ1n) is 9.05. The molecular formula is C22H22O9. The molecule has 3 rings (SSSR count). The van der Waals surface area contributed by atoms with Crippen molar-refractivity contribution >= 4 is 23.1 Å². The first kappa shape index (κ1) is 21.8. The van der Waals surface area contributed by atoms with Crippen LogP contribution in [0.4, 0.5) is 0 Å². The minimum absolute atomic E-state index is 0.0403. The number of hydrogen-bond acceptors (Lipinski definition) is 9. The van der Waals surface area contributed by atoms with Crippen molar-refractivity contribution in [2.24, 2.45) is 0 Å². The Bertz CT molecular complexity index is 935. The van der Waals surface area contributed by atoms with Crippen LogP contribution in [-0.4, -0.2) is 54.6 Å². The van der Waals surface area contributed by atoms with E-state index >= 15 is 0 Å². The third-order valence-electron chi connectivity index (χ3n) is 4.75. The average Bonchev–Trinajstić information content (AvgIpc) is 3.10. The highest BCUT2D eigenvalue weighted by atomic mass is 16.6. The van der Waals surface area contributed by atoms with Gasteiger partial charge in [-0.25, -0.2) is 9.59 Å². The fraction of sp³-hybridized carbons (Fsp3) is 0.273. The van der Waals surface area contributed by atoms with Crippen LogP contribution in [0.3, 0.4) is 0 Å². The maximum atomic E-state index is 12.7. The molecule has 9 nitrogen and oxygen atoms in total. The largest absolute Gasteiger partial charge is 0.493 e. The summed E-state index contributed by atoms with van der Waals surface area (Å²) in [6.07, 6.45) is 0. The maximum Gasteiger partial charge on any atom is 0.347 e. The smallest absolute Gasteiger partial charge is 0.347 e. The van der Waals surface area contributed by atoms with E-state index in [-0.39, 0.29) is 11.1 Å². The number of benzene rings is 2. The monoisotopic (exact) mass is 430 g/mol. The number of carbonyl (C=O) groups is 2. The van der Waals surface area contributed by atoms with Gasteiger partial charge in [-0.15, -0.1) is 0 Å². The second-order valence-electron chi connectivity index (χ2n) is 6.26. The molecule has 0 fully saturated rings. The number of carbonyl (C=O) groups excluding carboxylic acids is 2. The predicted octanol–water partition coefficient (Wildman–Crippen LogP) is 2.73. The van der Waals surface area contributed by atoms with Gasteiger partial charge in [0.15, 0.2) is 23.0 Å². The molecule has 0 amide bonds. The highest BCUT2D eigenvalue weighted by Gasteiger charge is 2.37. The van der Waals surface area contributed by atoms with Gasteiger partial charge >= 0.3 is 11.9 Å². The fourth-order valence-corrected chi connectivity index (χ4v) is 3.37. The topological polar surface area (TPSA) is 98.8 Å². The first-order valence-corrected chi connectivity index (χ1v) is 9.05. The summed E-state index contributed by atoms with van der Waals surface area (Å²) in [6.45, 7) is 0. The molecular weight excluding hydrogens is 408 g/mol. The Morgan fingerprint density at radius 1 is 0.516 bits per heavy atom. The molecule has 0 unspecified atom stereocenters. The average molecular weight is 430 g/mol. The van der Waals surface area contributed by atoms with Crippen molar-refractivity contribution in [2.45, 2.75) is 0 Å². The van der Waals surface area contributed by atoms with Crippen molar-refractivity contribution in [3.8, 4) is 34.5 Å². The van der Waals surface area contributed by atoms with E-state index in [4.69, 9.17) is 33.2 Å². The lowest BCUT2D eigenvalue weighted by atomic mass is 9.95. The second kappa shape index (κ2) is 8.86. The first-order chi connectivity index (χ1) is 14.9. The van der Waals surface area contributed by atoms with E-state index in [0.29, 0.717) is 45.6 Å². The molecule has 1 aliphatic heterocycles. The molecule has 0 radical (unpaired) electrons. The van der Waals surface area contributed by atoms with Gasteiger partial charge in [-0.05, 0) is 35.4 Å². The van der Waals surface area contributed by atoms with Crippen molar-refractivity contribution in [2.75, 3.05) is 42.7 Å².